The Kier molecular flexibility index (Phi) is 4.85. The lowest BCUT2D eigenvalue weighted by atomic mass is 10.2. The van der Waals surface area contributed by atoms with E-state index < -0.39 is 0 Å². The fourth-order valence-electron chi connectivity index (χ4n) is 1.15. The number of ether oxygens (including phenoxy) is 1. The molecule has 0 radical (unpaired) electrons. The van der Waals surface area contributed by atoms with Crippen molar-refractivity contribution in [1.82, 2.24) is 0 Å². The molecule has 0 fully saturated rings. The van der Waals surface area contributed by atoms with Crippen LogP contribution in [0.3, 0.4) is 0 Å². The molecule has 0 atom stereocenters. The maximum Gasteiger partial charge on any atom is 0.250 e. The summed E-state index contributed by atoms with van der Waals surface area (Å²) in [5.41, 5.74) is 6.76. The van der Waals surface area contributed by atoms with Crippen molar-refractivity contribution in [3.05, 3.63) is 28.2 Å². The molecule has 0 aliphatic carbocycles. The monoisotopic (exact) mass is 302 g/mol. The van der Waals surface area contributed by atoms with Crippen LogP contribution in [0.2, 0.25) is 0 Å². The van der Waals surface area contributed by atoms with Gasteiger partial charge in [0.05, 0.1) is 5.69 Å². The number of nitrogens with two attached hydrogens (primary N) is 1. The van der Waals surface area contributed by atoms with Gasteiger partial charge in [-0.2, -0.15) is 0 Å². The number of carbonyl (C=O) groups excluding carboxylic acids is 1. The number of halogens is 1. The van der Waals surface area contributed by atoms with E-state index in [0.29, 0.717) is 11.3 Å². The van der Waals surface area contributed by atoms with Crippen molar-refractivity contribution < 1.29 is 9.53 Å². The van der Waals surface area contributed by atoms with Gasteiger partial charge in [0, 0.05) is 17.1 Å². The van der Waals surface area contributed by atoms with Gasteiger partial charge in [0.25, 0.3) is 0 Å². The summed E-state index contributed by atoms with van der Waals surface area (Å²) in [6.07, 6.45) is 0. The maximum atomic E-state index is 11.3. The second-order valence-corrected chi connectivity index (χ2v) is 4.39. The zero-order valence-electron chi connectivity index (χ0n) is 8.62. The summed E-state index contributed by atoms with van der Waals surface area (Å²) in [5.74, 6) is -0.248. The smallest absolute Gasteiger partial charge is 0.250 e. The van der Waals surface area contributed by atoms with Gasteiger partial charge in [0.1, 0.15) is 11.6 Å². The number of rotatable bonds is 4. The van der Waals surface area contributed by atoms with E-state index in [1.807, 2.05) is 0 Å². The van der Waals surface area contributed by atoms with Crippen molar-refractivity contribution >= 4 is 44.7 Å². The quantitative estimate of drug-likeness (QED) is 0.831. The number of methoxy groups -OCH3 is 1. The van der Waals surface area contributed by atoms with Crippen molar-refractivity contribution in [2.24, 2.45) is 5.73 Å². The van der Waals surface area contributed by atoms with Crippen LogP contribution in [0.4, 0.5) is 5.69 Å². The van der Waals surface area contributed by atoms with E-state index in [1.165, 1.54) is 7.11 Å². The minimum atomic E-state index is -0.248. The van der Waals surface area contributed by atoms with E-state index in [9.17, 15) is 4.79 Å². The third-order valence-electron chi connectivity index (χ3n) is 1.80. The molecule has 0 aliphatic rings. The number of benzene rings is 1. The van der Waals surface area contributed by atoms with Crippen LogP contribution in [-0.2, 0) is 9.53 Å². The van der Waals surface area contributed by atoms with Gasteiger partial charge in [0.15, 0.2) is 0 Å². The van der Waals surface area contributed by atoms with E-state index in [1.54, 1.807) is 18.2 Å². The summed E-state index contributed by atoms with van der Waals surface area (Å²) < 4.78 is 5.56. The Morgan fingerprint density at radius 2 is 2.31 bits per heavy atom. The molecule has 4 nitrogen and oxygen atoms in total. The highest BCUT2D eigenvalue weighted by molar-refractivity contribution is 9.10. The molecule has 1 aromatic rings. The Morgan fingerprint density at radius 3 is 2.88 bits per heavy atom. The van der Waals surface area contributed by atoms with Crippen LogP contribution in [0, 0.1) is 0 Å². The van der Waals surface area contributed by atoms with E-state index in [0.717, 1.165) is 4.47 Å². The van der Waals surface area contributed by atoms with Crippen LogP contribution >= 0.6 is 28.1 Å². The van der Waals surface area contributed by atoms with Gasteiger partial charge < -0.3 is 15.8 Å². The molecule has 0 heterocycles. The van der Waals surface area contributed by atoms with Gasteiger partial charge in [-0.05, 0) is 18.2 Å². The van der Waals surface area contributed by atoms with Crippen molar-refractivity contribution in [1.29, 1.82) is 0 Å². The first-order valence-electron chi connectivity index (χ1n) is 4.42. The van der Waals surface area contributed by atoms with Crippen molar-refractivity contribution in [2.75, 3.05) is 19.0 Å². The predicted molar refractivity (Wildman–Crippen MR) is 70.5 cm³/mol. The minimum absolute atomic E-state index is 0.00711. The zero-order valence-corrected chi connectivity index (χ0v) is 11.0. The zero-order chi connectivity index (χ0) is 12.1. The highest BCUT2D eigenvalue weighted by Crippen LogP contribution is 2.20. The van der Waals surface area contributed by atoms with Crippen LogP contribution < -0.4 is 11.1 Å². The lowest BCUT2D eigenvalue weighted by Gasteiger charge is -2.10. The molecule has 16 heavy (non-hydrogen) atoms. The molecule has 1 aromatic carbocycles. The Balaban J connectivity index is 2.95. The fourth-order valence-corrected chi connectivity index (χ4v) is 1.68. The number of hydrogen-bond acceptors (Lipinski definition) is 3. The van der Waals surface area contributed by atoms with Crippen LogP contribution in [0.5, 0.6) is 0 Å². The summed E-state index contributed by atoms with van der Waals surface area (Å²) in [4.78, 5) is 11.6. The van der Waals surface area contributed by atoms with E-state index in [-0.39, 0.29) is 17.5 Å². The summed E-state index contributed by atoms with van der Waals surface area (Å²) in [6.45, 7) is -0.00711. The van der Waals surface area contributed by atoms with Gasteiger partial charge >= 0.3 is 0 Å². The number of thiocarbonyl (C=S) groups is 1. The maximum absolute atomic E-state index is 11.3. The van der Waals surface area contributed by atoms with Gasteiger partial charge in [0.2, 0.25) is 5.91 Å². The van der Waals surface area contributed by atoms with Crippen LogP contribution in [0.1, 0.15) is 5.56 Å². The van der Waals surface area contributed by atoms with Gasteiger partial charge in [-0.3, -0.25) is 4.79 Å². The van der Waals surface area contributed by atoms with Gasteiger partial charge in [-0.15, -0.1) is 0 Å². The topological polar surface area (TPSA) is 64.3 Å². The highest BCUT2D eigenvalue weighted by Gasteiger charge is 2.09. The van der Waals surface area contributed by atoms with Crippen LogP contribution in [-0.4, -0.2) is 24.6 Å². The molecule has 0 aromatic heterocycles. The summed E-state index contributed by atoms with van der Waals surface area (Å²) in [5, 5.41) is 2.67. The lowest BCUT2D eigenvalue weighted by Crippen LogP contribution is -2.20. The number of carbonyl (C=O) groups is 1. The first-order valence-corrected chi connectivity index (χ1v) is 5.63. The predicted octanol–water partition coefficient (Wildman–Crippen LogP) is 1.67. The number of anilines is 1. The molecule has 1 rings (SSSR count). The highest BCUT2D eigenvalue weighted by atomic mass is 79.9. The molecular formula is C10H11BrN2O2S. The molecule has 86 valence electrons. The minimum Gasteiger partial charge on any atom is -0.389 e. The third kappa shape index (κ3) is 3.55. The summed E-state index contributed by atoms with van der Waals surface area (Å²) in [6, 6.07) is 5.28. The van der Waals surface area contributed by atoms with E-state index in [4.69, 9.17) is 22.7 Å². The number of hydrogen-bond donors (Lipinski definition) is 2. The third-order valence-corrected chi connectivity index (χ3v) is 2.51. The van der Waals surface area contributed by atoms with E-state index >= 15 is 0 Å². The molecule has 0 spiro atoms. The Morgan fingerprint density at radius 1 is 1.62 bits per heavy atom. The van der Waals surface area contributed by atoms with E-state index in [2.05, 4.69) is 21.2 Å². The van der Waals surface area contributed by atoms with Gasteiger partial charge in [-0.25, -0.2) is 0 Å². The first-order chi connectivity index (χ1) is 7.54. The summed E-state index contributed by atoms with van der Waals surface area (Å²) in [7, 11) is 1.45. The second-order valence-electron chi connectivity index (χ2n) is 3.04. The molecule has 0 unspecified atom stereocenters. The van der Waals surface area contributed by atoms with Gasteiger partial charge in [-0.1, -0.05) is 28.1 Å². The van der Waals surface area contributed by atoms with Crippen molar-refractivity contribution in [2.45, 2.75) is 0 Å². The molecule has 0 bridgehead atoms. The fraction of sp³-hybridized carbons (Fsp3) is 0.200. The number of nitrogens with one attached hydrogen (secondary N) is 1. The molecule has 1 amide bonds. The van der Waals surface area contributed by atoms with Crippen LogP contribution in [0.15, 0.2) is 22.7 Å². The van der Waals surface area contributed by atoms with Crippen LogP contribution in [0.25, 0.3) is 0 Å². The normalized spacial score (nSPS) is 9.88. The van der Waals surface area contributed by atoms with Crippen molar-refractivity contribution in [3.8, 4) is 0 Å². The molecule has 6 heteroatoms. The SMILES string of the molecule is COCC(=O)Nc1ccc(Br)cc1C(N)=S. The Labute approximate surface area is 107 Å². The Bertz CT molecular complexity index is 423. The Hall–Kier alpha value is -0.980. The average molecular weight is 303 g/mol. The molecule has 0 saturated carbocycles. The lowest BCUT2D eigenvalue weighted by molar-refractivity contribution is -0.119. The molecule has 0 saturated heterocycles. The molecular weight excluding hydrogens is 292 g/mol. The number of amides is 1. The molecule has 3 N–H and O–H groups in total. The second kappa shape index (κ2) is 5.93. The molecule has 0 aliphatic heterocycles. The standard InChI is InChI=1S/C10H11BrN2O2S/c1-15-5-9(14)13-8-3-2-6(11)4-7(8)10(12)16/h2-4H,5H2,1H3,(H2,12,16)(H,13,14). The summed E-state index contributed by atoms with van der Waals surface area (Å²) >= 11 is 8.21. The van der Waals surface area contributed by atoms with Crippen molar-refractivity contribution in [3.63, 3.8) is 0 Å². The largest absolute Gasteiger partial charge is 0.389 e. The first kappa shape index (κ1) is 13.1. The average Bonchev–Trinajstić information content (AvgIpc) is 2.20.